The maximum atomic E-state index is 12.8. The van der Waals surface area contributed by atoms with E-state index >= 15 is 0 Å². The van der Waals surface area contributed by atoms with E-state index in [2.05, 4.69) is 0 Å². The van der Waals surface area contributed by atoms with Crippen molar-refractivity contribution in [3.8, 4) is 0 Å². The van der Waals surface area contributed by atoms with Crippen molar-refractivity contribution in [2.45, 2.75) is 12.8 Å². The molecule has 2 aromatic rings. The lowest BCUT2D eigenvalue weighted by Crippen LogP contribution is -2.44. The minimum absolute atomic E-state index is 0.0407. The third kappa shape index (κ3) is 2.66. The van der Waals surface area contributed by atoms with Crippen molar-refractivity contribution in [1.29, 1.82) is 0 Å². The number of fused-ring (bicyclic) bond motifs is 2. The van der Waals surface area contributed by atoms with E-state index in [1.165, 1.54) is 18.2 Å². The molecular formula is C19H15N3O5. The Bertz CT molecular complexity index is 1000. The fourth-order valence-corrected chi connectivity index (χ4v) is 3.62. The number of hydrogen-bond acceptors (Lipinski definition) is 5. The number of aryl methyl sites for hydroxylation is 1. The number of carbonyl (C=O) groups excluding carboxylic acids is 3. The van der Waals surface area contributed by atoms with Crippen LogP contribution >= 0.6 is 0 Å². The van der Waals surface area contributed by atoms with Gasteiger partial charge in [-0.3, -0.25) is 29.4 Å². The number of nitro groups is 1. The topological polar surface area (TPSA) is 101 Å². The van der Waals surface area contributed by atoms with Crippen molar-refractivity contribution in [2.24, 2.45) is 0 Å². The average Bonchev–Trinajstić information content (AvgIpc) is 2.92. The summed E-state index contributed by atoms with van der Waals surface area (Å²) in [4.78, 5) is 50.8. The SMILES string of the molecule is O=C1c2cccc([N+](=O)[O-])c2C(=O)N1CC(=O)N1CCCc2ccccc21. The summed E-state index contributed by atoms with van der Waals surface area (Å²) in [5.74, 6) is -1.88. The molecule has 0 fully saturated rings. The van der Waals surface area contributed by atoms with Crippen LogP contribution in [-0.4, -0.2) is 40.6 Å². The molecule has 0 bridgehead atoms. The molecule has 8 nitrogen and oxygen atoms in total. The van der Waals surface area contributed by atoms with Gasteiger partial charge in [0.05, 0.1) is 10.5 Å². The number of hydrogen-bond donors (Lipinski definition) is 0. The Hall–Kier alpha value is -3.55. The lowest BCUT2D eigenvalue weighted by Gasteiger charge is -2.30. The zero-order chi connectivity index (χ0) is 19.1. The van der Waals surface area contributed by atoms with E-state index in [0.717, 1.165) is 29.0 Å². The molecule has 0 aromatic heterocycles. The van der Waals surface area contributed by atoms with Gasteiger partial charge in [0.15, 0.2) is 0 Å². The van der Waals surface area contributed by atoms with Crippen LogP contribution < -0.4 is 4.90 Å². The van der Waals surface area contributed by atoms with E-state index in [9.17, 15) is 24.5 Å². The van der Waals surface area contributed by atoms with Crippen LogP contribution in [0.4, 0.5) is 11.4 Å². The largest absolute Gasteiger partial charge is 0.311 e. The molecule has 4 rings (SSSR count). The first-order valence-electron chi connectivity index (χ1n) is 8.51. The van der Waals surface area contributed by atoms with Crippen molar-refractivity contribution in [2.75, 3.05) is 18.0 Å². The highest BCUT2D eigenvalue weighted by Crippen LogP contribution is 2.31. The van der Waals surface area contributed by atoms with Crippen molar-refractivity contribution in [3.63, 3.8) is 0 Å². The van der Waals surface area contributed by atoms with E-state index in [1.807, 2.05) is 24.3 Å². The van der Waals surface area contributed by atoms with Crippen LogP contribution in [0.15, 0.2) is 42.5 Å². The number of carbonyl (C=O) groups is 3. The van der Waals surface area contributed by atoms with Crippen molar-refractivity contribution in [1.82, 2.24) is 4.90 Å². The molecule has 3 amide bonds. The summed E-state index contributed by atoms with van der Waals surface area (Å²) in [6, 6.07) is 11.4. The molecule has 136 valence electrons. The Morgan fingerprint density at radius 1 is 1.07 bits per heavy atom. The van der Waals surface area contributed by atoms with Crippen LogP contribution in [0, 0.1) is 10.1 Å². The van der Waals surface area contributed by atoms with Crippen molar-refractivity contribution in [3.05, 3.63) is 69.3 Å². The molecule has 0 radical (unpaired) electrons. The summed E-state index contributed by atoms with van der Waals surface area (Å²) < 4.78 is 0. The highest BCUT2D eigenvalue weighted by molar-refractivity contribution is 6.24. The fourth-order valence-electron chi connectivity index (χ4n) is 3.62. The normalized spacial score (nSPS) is 15.6. The Morgan fingerprint density at radius 2 is 1.85 bits per heavy atom. The van der Waals surface area contributed by atoms with Gasteiger partial charge in [0, 0.05) is 18.3 Å². The first-order chi connectivity index (χ1) is 13.0. The maximum Gasteiger partial charge on any atom is 0.282 e. The molecule has 0 saturated heterocycles. The summed E-state index contributed by atoms with van der Waals surface area (Å²) in [6.07, 6.45) is 1.65. The second-order valence-corrected chi connectivity index (χ2v) is 6.43. The molecule has 2 aliphatic heterocycles. The maximum absolute atomic E-state index is 12.8. The van der Waals surface area contributed by atoms with Gasteiger partial charge in [-0.2, -0.15) is 0 Å². The van der Waals surface area contributed by atoms with Gasteiger partial charge in [-0.15, -0.1) is 0 Å². The van der Waals surface area contributed by atoms with Crippen LogP contribution in [0.5, 0.6) is 0 Å². The third-order valence-electron chi connectivity index (χ3n) is 4.88. The quantitative estimate of drug-likeness (QED) is 0.471. The first kappa shape index (κ1) is 16.9. The van der Waals surface area contributed by atoms with Crippen molar-refractivity contribution >= 4 is 29.1 Å². The third-order valence-corrected chi connectivity index (χ3v) is 4.88. The smallest absolute Gasteiger partial charge is 0.282 e. The zero-order valence-corrected chi connectivity index (χ0v) is 14.3. The van der Waals surface area contributed by atoms with Crippen LogP contribution in [0.1, 0.15) is 32.7 Å². The van der Waals surface area contributed by atoms with E-state index in [-0.39, 0.29) is 17.0 Å². The number of para-hydroxylation sites is 1. The highest BCUT2D eigenvalue weighted by atomic mass is 16.6. The van der Waals surface area contributed by atoms with Gasteiger partial charge in [-0.05, 0) is 30.5 Å². The average molecular weight is 365 g/mol. The van der Waals surface area contributed by atoms with Gasteiger partial charge >= 0.3 is 0 Å². The lowest BCUT2D eigenvalue weighted by atomic mass is 10.0. The van der Waals surface area contributed by atoms with Crippen LogP contribution in [0.25, 0.3) is 0 Å². The summed E-state index contributed by atoms with van der Waals surface area (Å²) in [7, 11) is 0. The highest BCUT2D eigenvalue weighted by Gasteiger charge is 2.42. The number of nitrogens with zero attached hydrogens (tertiary/aromatic N) is 3. The summed E-state index contributed by atoms with van der Waals surface area (Å²) >= 11 is 0. The molecule has 27 heavy (non-hydrogen) atoms. The second-order valence-electron chi connectivity index (χ2n) is 6.43. The molecule has 0 spiro atoms. The molecule has 0 N–H and O–H groups in total. The predicted octanol–water partition coefficient (Wildman–Crippen LogP) is 2.17. The zero-order valence-electron chi connectivity index (χ0n) is 14.3. The molecule has 0 aliphatic carbocycles. The Kier molecular flexibility index (Phi) is 3.95. The standard InChI is InChI=1S/C19H15N3O5/c23-16(20-10-4-6-12-5-1-2-8-14(12)20)11-21-18(24)13-7-3-9-15(22(26)27)17(13)19(21)25/h1-3,5,7-9H,4,6,10-11H2. The van der Waals surface area contributed by atoms with Gasteiger partial charge in [0.1, 0.15) is 12.1 Å². The molecule has 0 unspecified atom stereocenters. The number of benzene rings is 2. The van der Waals surface area contributed by atoms with Gasteiger partial charge < -0.3 is 4.90 Å². The predicted molar refractivity (Wildman–Crippen MR) is 95.6 cm³/mol. The van der Waals surface area contributed by atoms with E-state index in [0.29, 0.717) is 6.54 Å². The monoisotopic (exact) mass is 365 g/mol. The van der Waals surface area contributed by atoms with Crippen molar-refractivity contribution < 1.29 is 19.3 Å². The molecule has 0 atom stereocenters. The van der Waals surface area contributed by atoms with Crippen LogP contribution in [-0.2, 0) is 11.2 Å². The second kappa shape index (κ2) is 6.31. The molecular weight excluding hydrogens is 350 g/mol. The molecule has 2 heterocycles. The number of amides is 3. The molecule has 2 aromatic carbocycles. The van der Waals surface area contributed by atoms with E-state index < -0.39 is 29.0 Å². The Labute approximate surface area is 154 Å². The Balaban J connectivity index is 1.62. The van der Waals surface area contributed by atoms with Crippen LogP contribution in [0.3, 0.4) is 0 Å². The van der Waals surface area contributed by atoms with Gasteiger partial charge in [0.2, 0.25) is 5.91 Å². The number of imide groups is 1. The molecule has 8 heteroatoms. The van der Waals surface area contributed by atoms with E-state index in [4.69, 9.17) is 0 Å². The number of nitro benzene ring substituents is 1. The van der Waals surface area contributed by atoms with Gasteiger partial charge in [-0.25, -0.2) is 0 Å². The number of rotatable bonds is 3. The van der Waals surface area contributed by atoms with Crippen LogP contribution in [0.2, 0.25) is 0 Å². The van der Waals surface area contributed by atoms with E-state index in [1.54, 1.807) is 4.90 Å². The number of anilines is 1. The summed E-state index contributed by atoms with van der Waals surface area (Å²) in [5, 5.41) is 11.2. The Morgan fingerprint density at radius 3 is 2.63 bits per heavy atom. The van der Waals surface area contributed by atoms with Gasteiger partial charge in [-0.1, -0.05) is 24.3 Å². The first-order valence-corrected chi connectivity index (χ1v) is 8.51. The lowest BCUT2D eigenvalue weighted by molar-refractivity contribution is -0.385. The molecule has 0 saturated carbocycles. The summed E-state index contributed by atoms with van der Waals surface area (Å²) in [5.41, 5.74) is 1.09. The van der Waals surface area contributed by atoms with Gasteiger partial charge in [0.25, 0.3) is 17.5 Å². The molecule has 2 aliphatic rings. The summed E-state index contributed by atoms with van der Waals surface area (Å²) in [6.45, 7) is 0.0526. The minimum atomic E-state index is -0.805. The fraction of sp³-hybridized carbons (Fsp3) is 0.211. The minimum Gasteiger partial charge on any atom is -0.311 e.